The Labute approximate surface area is 170 Å². The summed E-state index contributed by atoms with van der Waals surface area (Å²) in [6, 6.07) is 14.1. The average molecular weight is 405 g/mol. The molecule has 8 heteroatoms. The lowest BCUT2D eigenvalue weighted by Gasteiger charge is -2.28. The highest BCUT2D eigenvalue weighted by atomic mass is 35.5. The van der Waals surface area contributed by atoms with Crippen molar-refractivity contribution in [1.29, 1.82) is 0 Å². The third kappa shape index (κ3) is 4.99. The molecule has 4 N–H and O–H groups in total. The van der Waals surface area contributed by atoms with Crippen molar-refractivity contribution in [3.05, 3.63) is 69.8 Å². The van der Waals surface area contributed by atoms with E-state index in [1.54, 1.807) is 12.1 Å². The van der Waals surface area contributed by atoms with Crippen LogP contribution >= 0.6 is 12.4 Å². The van der Waals surface area contributed by atoms with E-state index in [1.807, 2.05) is 30.3 Å². The quantitative estimate of drug-likeness (QED) is 0.482. The molecule has 2 aromatic carbocycles. The van der Waals surface area contributed by atoms with Gasteiger partial charge in [-0.05, 0) is 30.5 Å². The van der Waals surface area contributed by atoms with Crippen LogP contribution < -0.4 is 16.4 Å². The maximum absolute atomic E-state index is 12.6. The molecule has 0 bridgehead atoms. The van der Waals surface area contributed by atoms with Gasteiger partial charge < -0.3 is 16.4 Å². The average Bonchev–Trinajstić information content (AvgIpc) is 3.16. The van der Waals surface area contributed by atoms with Crippen LogP contribution in [0.1, 0.15) is 41.6 Å². The number of amides is 1. The van der Waals surface area contributed by atoms with Gasteiger partial charge in [-0.1, -0.05) is 43.2 Å². The summed E-state index contributed by atoms with van der Waals surface area (Å²) in [6.07, 6.45) is 3.74. The Morgan fingerprint density at radius 1 is 1.14 bits per heavy atom. The van der Waals surface area contributed by atoms with Crippen LogP contribution in [-0.2, 0) is 6.54 Å². The Morgan fingerprint density at radius 3 is 2.43 bits per heavy atom. The molecule has 3 rings (SSSR count). The SMILES string of the molecule is Cl.NCC1(NC(=O)c2ccc(NCc3ccccc3)c([N+](=O)[O-])c2)CCCC1. The second kappa shape index (κ2) is 9.52. The Hall–Kier alpha value is -2.64. The molecule has 0 aromatic heterocycles. The molecule has 28 heavy (non-hydrogen) atoms. The van der Waals surface area contributed by atoms with Gasteiger partial charge in [0.2, 0.25) is 0 Å². The molecule has 0 spiro atoms. The van der Waals surface area contributed by atoms with Crippen LogP contribution in [0, 0.1) is 10.1 Å². The number of anilines is 1. The van der Waals surface area contributed by atoms with Gasteiger partial charge in [0.1, 0.15) is 5.69 Å². The maximum atomic E-state index is 12.6. The molecule has 0 unspecified atom stereocenters. The summed E-state index contributed by atoms with van der Waals surface area (Å²) in [5.74, 6) is -0.319. The lowest BCUT2D eigenvalue weighted by atomic mass is 9.97. The predicted molar refractivity (Wildman–Crippen MR) is 112 cm³/mol. The fourth-order valence-electron chi connectivity index (χ4n) is 3.51. The van der Waals surface area contributed by atoms with E-state index >= 15 is 0 Å². The zero-order chi connectivity index (χ0) is 19.3. The molecule has 1 aliphatic rings. The minimum Gasteiger partial charge on any atom is -0.375 e. The first-order valence-corrected chi connectivity index (χ1v) is 9.12. The molecule has 0 radical (unpaired) electrons. The van der Waals surface area contributed by atoms with Crippen LogP contribution in [0.25, 0.3) is 0 Å². The third-order valence-corrected chi connectivity index (χ3v) is 5.11. The lowest BCUT2D eigenvalue weighted by Crippen LogP contribution is -2.51. The number of hydrogen-bond donors (Lipinski definition) is 3. The number of carbonyl (C=O) groups is 1. The van der Waals surface area contributed by atoms with E-state index in [4.69, 9.17) is 5.73 Å². The second-order valence-electron chi connectivity index (χ2n) is 6.97. The Balaban J connectivity index is 0.00000280. The van der Waals surface area contributed by atoms with Gasteiger partial charge in [0.15, 0.2) is 0 Å². The summed E-state index contributed by atoms with van der Waals surface area (Å²) in [7, 11) is 0. The van der Waals surface area contributed by atoms with Gasteiger partial charge in [-0.15, -0.1) is 12.4 Å². The number of rotatable bonds is 7. The van der Waals surface area contributed by atoms with Crippen molar-refractivity contribution in [3.63, 3.8) is 0 Å². The van der Waals surface area contributed by atoms with Gasteiger partial charge in [-0.3, -0.25) is 14.9 Å². The van der Waals surface area contributed by atoms with Gasteiger partial charge >= 0.3 is 0 Å². The fraction of sp³-hybridized carbons (Fsp3) is 0.350. The van der Waals surface area contributed by atoms with Gasteiger partial charge in [-0.2, -0.15) is 0 Å². The molecule has 0 saturated heterocycles. The van der Waals surface area contributed by atoms with Crippen molar-refractivity contribution in [3.8, 4) is 0 Å². The van der Waals surface area contributed by atoms with E-state index in [-0.39, 0.29) is 29.6 Å². The van der Waals surface area contributed by atoms with Crippen LogP contribution in [0.2, 0.25) is 0 Å². The summed E-state index contributed by atoms with van der Waals surface area (Å²) >= 11 is 0. The van der Waals surface area contributed by atoms with Gasteiger partial charge in [0.05, 0.1) is 10.5 Å². The van der Waals surface area contributed by atoms with Gasteiger partial charge in [0.25, 0.3) is 11.6 Å². The van der Waals surface area contributed by atoms with E-state index in [9.17, 15) is 14.9 Å². The van der Waals surface area contributed by atoms with Crippen LogP contribution in [-0.4, -0.2) is 22.9 Å². The number of hydrogen-bond acceptors (Lipinski definition) is 5. The first-order valence-electron chi connectivity index (χ1n) is 9.12. The molecule has 1 fully saturated rings. The third-order valence-electron chi connectivity index (χ3n) is 5.11. The molecule has 0 atom stereocenters. The molecule has 1 saturated carbocycles. The molecular formula is C20H25ClN4O3. The van der Waals surface area contributed by atoms with E-state index in [1.165, 1.54) is 6.07 Å². The largest absolute Gasteiger partial charge is 0.375 e. The minimum atomic E-state index is -0.474. The highest BCUT2D eigenvalue weighted by molar-refractivity contribution is 5.96. The summed E-state index contributed by atoms with van der Waals surface area (Å²) < 4.78 is 0. The molecule has 1 aliphatic carbocycles. The second-order valence-corrected chi connectivity index (χ2v) is 6.97. The number of nitrogens with two attached hydrogens (primary N) is 1. The molecule has 2 aromatic rings. The van der Waals surface area contributed by atoms with E-state index in [0.717, 1.165) is 31.2 Å². The Bertz CT molecular complexity index is 823. The van der Waals surface area contributed by atoms with Crippen LogP contribution in [0.15, 0.2) is 48.5 Å². The summed E-state index contributed by atoms with van der Waals surface area (Å²) in [5, 5.41) is 17.6. The zero-order valence-electron chi connectivity index (χ0n) is 15.5. The molecule has 7 nitrogen and oxygen atoms in total. The van der Waals surface area contributed by atoms with Crippen molar-refractivity contribution in [2.75, 3.05) is 11.9 Å². The van der Waals surface area contributed by atoms with Crippen molar-refractivity contribution in [1.82, 2.24) is 5.32 Å². The molecule has 1 amide bonds. The van der Waals surface area contributed by atoms with Crippen LogP contribution in [0.4, 0.5) is 11.4 Å². The van der Waals surface area contributed by atoms with Crippen molar-refractivity contribution < 1.29 is 9.72 Å². The van der Waals surface area contributed by atoms with E-state index < -0.39 is 10.5 Å². The smallest absolute Gasteiger partial charge is 0.293 e. The van der Waals surface area contributed by atoms with Gasteiger partial charge in [0, 0.05) is 24.7 Å². The minimum absolute atomic E-state index is 0. The van der Waals surface area contributed by atoms with Crippen molar-refractivity contribution in [2.24, 2.45) is 5.73 Å². The summed E-state index contributed by atoms with van der Waals surface area (Å²) in [5.41, 5.74) is 7.02. The number of halogens is 1. The molecule has 0 aliphatic heterocycles. The number of nitrogens with one attached hydrogen (secondary N) is 2. The maximum Gasteiger partial charge on any atom is 0.293 e. The van der Waals surface area contributed by atoms with Gasteiger partial charge in [-0.25, -0.2) is 0 Å². The first kappa shape index (κ1) is 21.7. The predicted octanol–water partition coefficient (Wildman–Crippen LogP) is 3.63. The standard InChI is InChI=1S/C20H24N4O3.ClH/c21-14-20(10-4-5-11-20)23-19(25)16-8-9-17(18(12-16)24(26)27)22-13-15-6-2-1-3-7-15;/h1-3,6-9,12,22H,4-5,10-11,13-14,21H2,(H,23,25);1H. The normalized spacial score (nSPS) is 14.8. The van der Waals surface area contributed by atoms with Crippen molar-refractivity contribution in [2.45, 2.75) is 37.8 Å². The number of nitro benzene ring substituents is 1. The zero-order valence-corrected chi connectivity index (χ0v) is 16.3. The number of nitrogens with zero attached hydrogens (tertiary/aromatic N) is 1. The Morgan fingerprint density at radius 2 is 1.82 bits per heavy atom. The Kier molecular flexibility index (Phi) is 7.37. The fourth-order valence-corrected chi connectivity index (χ4v) is 3.51. The topological polar surface area (TPSA) is 110 Å². The number of benzene rings is 2. The van der Waals surface area contributed by atoms with E-state index in [2.05, 4.69) is 10.6 Å². The highest BCUT2D eigenvalue weighted by Gasteiger charge is 2.34. The number of carbonyl (C=O) groups excluding carboxylic acids is 1. The van der Waals surface area contributed by atoms with Crippen LogP contribution in [0.3, 0.4) is 0 Å². The first-order chi connectivity index (χ1) is 13.0. The molecule has 0 heterocycles. The monoisotopic (exact) mass is 404 g/mol. The molecular weight excluding hydrogens is 380 g/mol. The highest BCUT2D eigenvalue weighted by Crippen LogP contribution is 2.30. The molecule has 150 valence electrons. The number of nitro groups is 1. The summed E-state index contributed by atoms with van der Waals surface area (Å²) in [4.78, 5) is 23.6. The van der Waals surface area contributed by atoms with Crippen LogP contribution in [0.5, 0.6) is 0 Å². The van der Waals surface area contributed by atoms with Crippen molar-refractivity contribution >= 4 is 29.7 Å². The summed E-state index contributed by atoms with van der Waals surface area (Å²) in [6.45, 7) is 0.834. The lowest BCUT2D eigenvalue weighted by molar-refractivity contribution is -0.384. The van der Waals surface area contributed by atoms with E-state index in [0.29, 0.717) is 18.8 Å².